The molecule has 28 heavy (non-hydrogen) atoms. The van der Waals surface area contributed by atoms with Gasteiger partial charge in [0.25, 0.3) is 5.22 Å². The van der Waals surface area contributed by atoms with Crippen LogP contribution >= 0.6 is 11.8 Å². The molecule has 0 aliphatic heterocycles. The lowest BCUT2D eigenvalue weighted by atomic mass is 10.1. The largest absolute Gasteiger partial charge is 0.497 e. The number of nitrogens with one attached hydrogen (secondary N) is 1. The number of hydrogen-bond donors (Lipinski definition) is 2. The molecule has 1 amide bonds. The summed E-state index contributed by atoms with van der Waals surface area (Å²) in [7, 11) is 1.58. The molecule has 1 heterocycles. The average molecular weight is 399 g/mol. The number of anilines is 1. The van der Waals surface area contributed by atoms with Crippen molar-refractivity contribution in [3.05, 3.63) is 54.1 Å². The smallest absolute Gasteiger partial charge is 0.307 e. The van der Waals surface area contributed by atoms with Crippen LogP contribution in [0.15, 0.2) is 58.2 Å². The summed E-state index contributed by atoms with van der Waals surface area (Å²) in [6.07, 6.45) is -0.0587. The van der Waals surface area contributed by atoms with E-state index in [1.165, 1.54) is 0 Å². The maximum atomic E-state index is 12.1. The summed E-state index contributed by atoms with van der Waals surface area (Å²) in [5.74, 6) is -0.0240. The second kappa shape index (κ2) is 9.05. The molecule has 3 aromatic rings. The summed E-state index contributed by atoms with van der Waals surface area (Å²) >= 11 is 1.12. The van der Waals surface area contributed by atoms with Crippen molar-refractivity contribution in [1.29, 1.82) is 0 Å². The van der Waals surface area contributed by atoms with E-state index in [0.29, 0.717) is 22.9 Å². The van der Waals surface area contributed by atoms with E-state index in [2.05, 4.69) is 15.5 Å². The highest BCUT2D eigenvalue weighted by Gasteiger charge is 2.12. The number of hydrogen-bond acceptors (Lipinski definition) is 7. The van der Waals surface area contributed by atoms with Crippen molar-refractivity contribution in [2.75, 3.05) is 18.2 Å². The van der Waals surface area contributed by atoms with Crippen LogP contribution in [0.1, 0.15) is 5.56 Å². The molecular weight excluding hydrogens is 382 g/mol. The molecule has 3 rings (SSSR count). The number of carboxylic acid groups (broad SMARTS) is 1. The molecule has 144 valence electrons. The maximum absolute atomic E-state index is 12.1. The number of rotatable bonds is 8. The molecule has 0 fully saturated rings. The molecule has 8 nitrogen and oxygen atoms in total. The van der Waals surface area contributed by atoms with Gasteiger partial charge in [0.2, 0.25) is 11.8 Å². The van der Waals surface area contributed by atoms with E-state index >= 15 is 0 Å². The Hall–Kier alpha value is -3.33. The van der Waals surface area contributed by atoms with E-state index in [-0.39, 0.29) is 23.3 Å². The Kier molecular flexibility index (Phi) is 6.28. The first-order valence-electron chi connectivity index (χ1n) is 8.25. The van der Waals surface area contributed by atoms with Gasteiger partial charge in [0.15, 0.2) is 0 Å². The third-order valence-electron chi connectivity index (χ3n) is 3.64. The standard InChI is InChI=1S/C19H17N3O5S/c1-26-15-4-2-3-13(10-15)18-21-22-19(27-18)28-11-16(23)20-14-7-5-12(6-8-14)9-17(24)25/h2-8,10H,9,11H2,1H3,(H,20,23)(H,24,25). The summed E-state index contributed by atoms with van der Waals surface area (Å²) < 4.78 is 10.7. The van der Waals surface area contributed by atoms with Gasteiger partial charge in [-0.25, -0.2) is 0 Å². The Morgan fingerprint density at radius 1 is 1.18 bits per heavy atom. The molecule has 0 radical (unpaired) electrons. The number of thioether (sulfide) groups is 1. The zero-order valence-corrected chi connectivity index (χ0v) is 15.7. The highest BCUT2D eigenvalue weighted by atomic mass is 32.2. The molecule has 0 unspecified atom stereocenters. The molecule has 0 aliphatic rings. The number of aliphatic carboxylic acids is 1. The Morgan fingerprint density at radius 3 is 2.68 bits per heavy atom. The maximum Gasteiger partial charge on any atom is 0.307 e. The van der Waals surface area contributed by atoms with Gasteiger partial charge in [-0.15, -0.1) is 10.2 Å². The van der Waals surface area contributed by atoms with Crippen LogP contribution in [0.25, 0.3) is 11.5 Å². The Bertz CT molecular complexity index is 972. The van der Waals surface area contributed by atoms with Crippen LogP contribution in [0, 0.1) is 0 Å². The van der Waals surface area contributed by atoms with Crippen LogP contribution in [0.5, 0.6) is 5.75 Å². The first-order chi connectivity index (χ1) is 13.5. The fourth-order valence-corrected chi connectivity index (χ4v) is 2.91. The lowest BCUT2D eigenvalue weighted by molar-refractivity contribution is -0.136. The minimum atomic E-state index is -0.902. The lowest BCUT2D eigenvalue weighted by Crippen LogP contribution is -2.14. The van der Waals surface area contributed by atoms with Gasteiger partial charge in [0.05, 0.1) is 19.3 Å². The second-order valence-electron chi connectivity index (χ2n) is 5.71. The number of ether oxygens (including phenoxy) is 1. The highest BCUT2D eigenvalue weighted by molar-refractivity contribution is 7.99. The molecule has 0 saturated carbocycles. The SMILES string of the molecule is COc1cccc(-c2nnc(SCC(=O)Nc3ccc(CC(=O)O)cc3)o2)c1. The third-order valence-corrected chi connectivity index (χ3v) is 4.46. The average Bonchev–Trinajstić information content (AvgIpc) is 3.17. The number of nitrogens with zero attached hydrogens (tertiary/aromatic N) is 2. The fourth-order valence-electron chi connectivity index (χ4n) is 2.35. The zero-order chi connectivity index (χ0) is 19.9. The van der Waals surface area contributed by atoms with E-state index in [1.54, 1.807) is 37.4 Å². The summed E-state index contributed by atoms with van der Waals surface area (Å²) in [6, 6.07) is 13.9. The number of amides is 1. The van der Waals surface area contributed by atoms with Crippen molar-refractivity contribution in [3.8, 4) is 17.2 Å². The van der Waals surface area contributed by atoms with E-state index < -0.39 is 5.97 Å². The van der Waals surface area contributed by atoms with Gasteiger partial charge in [-0.3, -0.25) is 9.59 Å². The number of carbonyl (C=O) groups excluding carboxylic acids is 1. The molecular formula is C19H17N3O5S. The van der Waals surface area contributed by atoms with Crippen molar-refractivity contribution < 1.29 is 23.8 Å². The number of methoxy groups -OCH3 is 1. The number of aromatic nitrogens is 2. The molecule has 2 N–H and O–H groups in total. The van der Waals surface area contributed by atoms with Crippen molar-refractivity contribution in [2.45, 2.75) is 11.6 Å². The van der Waals surface area contributed by atoms with Gasteiger partial charge < -0.3 is 19.6 Å². The molecule has 0 aliphatic carbocycles. The molecule has 0 spiro atoms. The van der Waals surface area contributed by atoms with Crippen LogP contribution in [0.4, 0.5) is 5.69 Å². The van der Waals surface area contributed by atoms with Gasteiger partial charge >= 0.3 is 5.97 Å². The highest BCUT2D eigenvalue weighted by Crippen LogP contribution is 2.25. The van der Waals surface area contributed by atoms with E-state index in [4.69, 9.17) is 14.3 Å². The predicted molar refractivity (Wildman–Crippen MR) is 103 cm³/mol. The van der Waals surface area contributed by atoms with Crippen LogP contribution < -0.4 is 10.1 Å². The summed E-state index contributed by atoms with van der Waals surface area (Å²) in [6.45, 7) is 0. The van der Waals surface area contributed by atoms with Gasteiger partial charge in [-0.05, 0) is 35.9 Å². The molecule has 0 atom stereocenters. The zero-order valence-electron chi connectivity index (χ0n) is 14.9. The number of benzene rings is 2. The first-order valence-corrected chi connectivity index (χ1v) is 9.23. The summed E-state index contributed by atoms with van der Waals surface area (Å²) in [5, 5.41) is 19.7. The molecule has 0 saturated heterocycles. The number of carboxylic acids is 1. The van der Waals surface area contributed by atoms with Gasteiger partial charge in [0, 0.05) is 11.3 Å². The summed E-state index contributed by atoms with van der Waals surface area (Å²) in [4.78, 5) is 22.8. The van der Waals surface area contributed by atoms with E-state index in [9.17, 15) is 9.59 Å². The van der Waals surface area contributed by atoms with E-state index in [1.807, 2.05) is 18.2 Å². The lowest BCUT2D eigenvalue weighted by Gasteiger charge is -2.05. The molecule has 9 heteroatoms. The third kappa shape index (κ3) is 5.34. The Labute approximate surface area is 164 Å². The van der Waals surface area contributed by atoms with Crippen molar-refractivity contribution in [1.82, 2.24) is 10.2 Å². The molecule has 1 aromatic heterocycles. The van der Waals surface area contributed by atoms with Crippen molar-refractivity contribution in [3.63, 3.8) is 0 Å². The second-order valence-corrected chi connectivity index (χ2v) is 6.64. The van der Waals surface area contributed by atoms with Gasteiger partial charge in [0.1, 0.15) is 5.75 Å². The van der Waals surface area contributed by atoms with Crippen LogP contribution in [-0.4, -0.2) is 40.0 Å². The first kappa shape index (κ1) is 19.4. The van der Waals surface area contributed by atoms with Gasteiger partial charge in [-0.2, -0.15) is 0 Å². The van der Waals surface area contributed by atoms with Crippen LogP contribution in [-0.2, 0) is 16.0 Å². The van der Waals surface area contributed by atoms with Crippen LogP contribution in [0.3, 0.4) is 0 Å². The Balaban J connectivity index is 1.53. The minimum Gasteiger partial charge on any atom is -0.497 e. The molecule has 0 bridgehead atoms. The molecule has 2 aromatic carbocycles. The topological polar surface area (TPSA) is 115 Å². The monoisotopic (exact) mass is 399 g/mol. The minimum absolute atomic E-state index is 0.0587. The Morgan fingerprint density at radius 2 is 1.96 bits per heavy atom. The fraction of sp³-hybridized carbons (Fsp3) is 0.158. The van der Waals surface area contributed by atoms with Gasteiger partial charge in [-0.1, -0.05) is 30.0 Å². The van der Waals surface area contributed by atoms with E-state index in [0.717, 1.165) is 17.3 Å². The normalized spacial score (nSPS) is 10.5. The quantitative estimate of drug-likeness (QED) is 0.555. The van der Waals surface area contributed by atoms with Crippen molar-refractivity contribution in [2.24, 2.45) is 0 Å². The van der Waals surface area contributed by atoms with Crippen LogP contribution in [0.2, 0.25) is 0 Å². The summed E-state index contributed by atoms with van der Waals surface area (Å²) in [5.41, 5.74) is 1.97. The van der Waals surface area contributed by atoms with Crippen molar-refractivity contribution >= 4 is 29.3 Å². The number of carbonyl (C=O) groups is 2. The predicted octanol–water partition coefficient (Wildman–Crippen LogP) is 3.10.